The molecule has 0 unspecified atom stereocenters. The van der Waals surface area contributed by atoms with Crippen molar-refractivity contribution in [1.82, 2.24) is 10.2 Å². The number of piperidine rings is 1. The van der Waals surface area contributed by atoms with Crippen LogP contribution in [0.4, 0.5) is 0 Å². The lowest BCUT2D eigenvalue weighted by Crippen LogP contribution is -2.49. The van der Waals surface area contributed by atoms with Gasteiger partial charge < -0.3 is 10.2 Å². The van der Waals surface area contributed by atoms with Crippen LogP contribution >= 0.6 is 0 Å². The Bertz CT molecular complexity index is 191. The molecule has 2 aliphatic heterocycles. The zero-order chi connectivity index (χ0) is 9.47. The fraction of sp³-hybridized carbons (Fsp3) is 1.00. The molecule has 13 heavy (non-hydrogen) atoms. The lowest BCUT2D eigenvalue weighted by Gasteiger charge is -2.43. The number of rotatable bonds is 1. The van der Waals surface area contributed by atoms with E-state index in [0.717, 1.165) is 12.0 Å². The van der Waals surface area contributed by atoms with Gasteiger partial charge in [0.15, 0.2) is 0 Å². The highest BCUT2D eigenvalue weighted by Crippen LogP contribution is 2.38. The van der Waals surface area contributed by atoms with E-state index in [9.17, 15) is 0 Å². The molecule has 2 saturated heterocycles. The zero-order valence-electron chi connectivity index (χ0n) is 9.14. The van der Waals surface area contributed by atoms with Crippen LogP contribution in [0, 0.1) is 11.3 Å². The minimum atomic E-state index is 0.558. The SMILES string of the molecule is CC(C)N1CC[C@@H]2CNC[C@@]2(C)C1. The van der Waals surface area contributed by atoms with Gasteiger partial charge in [0.25, 0.3) is 0 Å². The predicted octanol–water partition coefficient (Wildman–Crippen LogP) is 1.33. The molecule has 0 saturated carbocycles. The molecule has 0 amide bonds. The van der Waals surface area contributed by atoms with Gasteiger partial charge in [-0.2, -0.15) is 0 Å². The fourth-order valence-corrected chi connectivity index (χ4v) is 2.86. The summed E-state index contributed by atoms with van der Waals surface area (Å²) in [6.45, 7) is 12.1. The first kappa shape index (κ1) is 9.47. The van der Waals surface area contributed by atoms with Crippen molar-refractivity contribution in [3.63, 3.8) is 0 Å². The maximum absolute atomic E-state index is 3.54. The third kappa shape index (κ3) is 1.62. The Morgan fingerprint density at radius 1 is 1.46 bits per heavy atom. The molecule has 2 fully saturated rings. The van der Waals surface area contributed by atoms with Crippen molar-refractivity contribution in [3.05, 3.63) is 0 Å². The van der Waals surface area contributed by atoms with E-state index in [2.05, 4.69) is 31.0 Å². The maximum atomic E-state index is 3.54. The minimum Gasteiger partial charge on any atom is -0.316 e. The van der Waals surface area contributed by atoms with Crippen LogP contribution in [0.1, 0.15) is 27.2 Å². The fourth-order valence-electron chi connectivity index (χ4n) is 2.86. The number of hydrogen-bond acceptors (Lipinski definition) is 2. The van der Waals surface area contributed by atoms with Crippen molar-refractivity contribution in [2.75, 3.05) is 26.2 Å². The Balaban J connectivity index is 2.04. The molecule has 2 rings (SSSR count). The van der Waals surface area contributed by atoms with Crippen molar-refractivity contribution in [1.29, 1.82) is 0 Å². The van der Waals surface area contributed by atoms with Gasteiger partial charge in [-0.3, -0.25) is 0 Å². The van der Waals surface area contributed by atoms with Crippen molar-refractivity contribution < 1.29 is 0 Å². The molecule has 1 N–H and O–H groups in total. The second-order valence-corrected chi connectivity index (χ2v) is 5.33. The molecular weight excluding hydrogens is 160 g/mol. The summed E-state index contributed by atoms with van der Waals surface area (Å²) in [7, 11) is 0. The lowest BCUT2D eigenvalue weighted by atomic mass is 9.75. The summed E-state index contributed by atoms with van der Waals surface area (Å²) in [6, 6.07) is 0.721. The van der Waals surface area contributed by atoms with E-state index in [-0.39, 0.29) is 0 Å². The van der Waals surface area contributed by atoms with E-state index < -0.39 is 0 Å². The van der Waals surface area contributed by atoms with Crippen LogP contribution in [0.2, 0.25) is 0 Å². The molecule has 0 aromatic rings. The Labute approximate surface area is 81.7 Å². The van der Waals surface area contributed by atoms with Gasteiger partial charge in [0, 0.05) is 19.1 Å². The van der Waals surface area contributed by atoms with Crippen LogP contribution < -0.4 is 5.32 Å². The molecule has 0 spiro atoms. The predicted molar refractivity (Wildman–Crippen MR) is 55.8 cm³/mol. The summed E-state index contributed by atoms with van der Waals surface area (Å²) >= 11 is 0. The third-order valence-corrected chi connectivity index (χ3v) is 3.96. The van der Waals surface area contributed by atoms with Crippen LogP contribution in [0.25, 0.3) is 0 Å². The van der Waals surface area contributed by atoms with Crippen molar-refractivity contribution in [3.8, 4) is 0 Å². The van der Waals surface area contributed by atoms with Crippen LogP contribution in [-0.4, -0.2) is 37.1 Å². The number of likely N-dealkylation sites (tertiary alicyclic amines) is 1. The maximum Gasteiger partial charge on any atom is 0.00533 e. The highest BCUT2D eigenvalue weighted by atomic mass is 15.2. The summed E-state index contributed by atoms with van der Waals surface area (Å²) in [4.78, 5) is 2.63. The molecule has 2 heteroatoms. The Kier molecular flexibility index (Phi) is 2.37. The third-order valence-electron chi connectivity index (χ3n) is 3.96. The molecule has 2 nitrogen and oxygen atoms in total. The smallest absolute Gasteiger partial charge is 0.00533 e. The Hall–Kier alpha value is -0.0800. The highest BCUT2D eigenvalue weighted by molar-refractivity contribution is 4.97. The summed E-state index contributed by atoms with van der Waals surface area (Å²) in [5, 5.41) is 3.54. The standard InChI is InChI=1S/C11H22N2/c1-9(2)13-5-4-10-6-12-7-11(10,3)8-13/h9-10,12H,4-8H2,1-3H3/t10-,11+/m1/s1. The average molecular weight is 182 g/mol. The van der Waals surface area contributed by atoms with Crippen molar-refractivity contribution >= 4 is 0 Å². The van der Waals surface area contributed by atoms with Crippen LogP contribution in [0.15, 0.2) is 0 Å². The molecule has 0 aromatic carbocycles. The summed E-state index contributed by atoms with van der Waals surface area (Å²) in [5.41, 5.74) is 0.558. The molecule has 0 aliphatic carbocycles. The molecule has 0 radical (unpaired) electrons. The molecule has 0 aromatic heterocycles. The van der Waals surface area contributed by atoms with E-state index in [1.807, 2.05) is 0 Å². The average Bonchev–Trinajstić information content (AvgIpc) is 2.44. The quantitative estimate of drug-likeness (QED) is 0.658. The second-order valence-electron chi connectivity index (χ2n) is 5.33. The monoisotopic (exact) mass is 182 g/mol. The normalized spacial score (nSPS) is 41.1. The van der Waals surface area contributed by atoms with E-state index in [4.69, 9.17) is 0 Å². The summed E-state index contributed by atoms with van der Waals surface area (Å²) in [5.74, 6) is 0.933. The Morgan fingerprint density at radius 3 is 2.92 bits per heavy atom. The molecule has 2 aliphatic rings. The number of nitrogens with zero attached hydrogens (tertiary/aromatic N) is 1. The van der Waals surface area contributed by atoms with Gasteiger partial charge in [-0.1, -0.05) is 6.92 Å². The number of hydrogen-bond donors (Lipinski definition) is 1. The first-order valence-corrected chi connectivity index (χ1v) is 5.56. The van der Waals surface area contributed by atoms with Gasteiger partial charge in [0.1, 0.15) is 0 Å². The number of nitrogens with one attached hydrogen (secondary N) is 1. The van der Waals surface area contributed by atoms with E-state index >= 15 is 0 Å². The topological polar surface area (TPSA) is 15.3 Å². The van der Waals surface area contributed by atoms with Gasteiger partial charge in [-0.05, 0) is 44.7 Å². The number of fused-ring (bicyclic) bond motifs is 1. The van der Waals surface area contributed by atoms with Gasteiger partial charge >= 0.3 is 0 Å². The molecule has 2 heterocycles. The van der Waals surface area contributed by atoms with Gasteiger partial charge in [0.05, 0.1) is 0 Å². The Morgan fingerprint density at radius 2 is 2.23 bits per heavy atom. The largest absolute Gasteiger partial charge is 0.316 e. The highest BCUT2D eigenvalue weighted by Gasteiger charge is 2.43. The van der Waals surface area contributed by atoms with Crippen LogP contribution in [-0.2, 0) is 0 Å². The van der Waals surface area contributed by atoms with Crippen LogP contribution in [0.3, 0.4) is 0 Å². The zero-order valence-corrected chi connectivity index (χ0v) is 9.14. The summed E-state index contributed by atoms with van der Waals surface area (Å²) < 4.78 is 0. The first-order valence-electron chi connectivity index (χ1n) is 5.56. The van der Waals surface area contributed by atoms with Gasteiger partial charge in [-0.25, -0.2) is 0 Å². The molecular formula is C11H22N2. The summed E-state index contributed by atoms with van der Waals surface area (Å²) in [6.07, 6.45) is 1.39. The van der Waals surface area contributed by atoms with Crippen LogP contribution in [0.5, 0.6) is 0 Å². The van der Waals surface area contributed by atoms with E-state index in [1.54, 1.807) is 0 Å². The lowest BCUT2D eigenvalue weighted by molar-refractivity contribution is 0.0562. The van der Waals surface area contributed by atoms with Gasteiger partial charge in [-0.15, -0.1) is 0 Å². The minimum absolute atomic E-state index is 0.558. The van der Waals surface area contributed by atoms with Gasteiger partial charge in [0.2, 0.25) is 0 Å². The second kappa shape index (κ2) is 3.25. The molecule has 0 bridgehead atoms. The molecule has 2 atom stereocenters. The van der Waals surface area contributed by atoms with Crippen molar-refractivity contribution in [2.24, 2.45) is 11.3 Å². The van der Waals surface area contributed by atoms with E-state index in [0.29, 0.717) is 5.41 Å². The van der Waals surface area contributed by atoms with E-state index in [1.165, 1.54) is 32.6 Å². The first-order chi connectivity index (χ1) is 6.12. The van der Waals surface area contributed by atoms with Crippen molar-refractivity contribution in [2.45, 2.75) is 33.2 Å². The molecule has 76 valence electrons.